The molecule has 1 unspecified atom stereocenters. The van der Waals surface area contributed by atoms with E-state index in [1.807, 2.05) is 12.3 Å². The van der Waals surface area contributed by atoms with E-state index in [4.69, 9.17) is 5.84 Å². The number of hydrazine groups is 1. The van der Waals surface area contributed by atoms with E-state index in [0.29, 0.717) is 0 Å². The van der Waals surface area contributed by atoms with Gasteiger partial charge in [0.25, 0.3) is 0 Å². The van der Waals surface area contributed by atoms with Crippen molar-refractivity contribution >= 4 is 21.6 Å². The molecule has 0 saturated heterocycles. The van der Waals surface area contributed by atoms with Crippen LogP contribution in [0.25, 0.3) is 10.2 Å². The third-order valence-corrected chi connectivity index (χ3v) is 3.77. The van der Waals surface area contributed by atoms with Crippen molar-refractivity contribution < 1.29 is 0 Å². The number of rotatable bonds is 5. The zero-order chi connectivity index (χ0) is 12.3. The van der Waals surface area contributed by atoms with Crippen LogP contribution in [0.4, 0.5) is 0 Å². The quantitative estimate of drug-likeness (QED) is 0.485. The summed E-state index contributed by atoms with van der Waals surface area (Å²) in [5.41, 5.74) is 6.21. The Morgan fingerprint density at radius 3 is 3.18 bits per heavy atom. The van der Waals surface area contributed by atoms with E-state index in [9.17, 15) is 0 Å². The summed E-state index contributed by atoms with van der Waals surface area (Å²) in [6.07, 6.45) is 3.72. The van der Waals surface area contributed by atoms with Gasteiger partial charge in [-0.25, -0.2) is 0 Å². The minimum Gasteiger partial charge on any atom is -0.271 e. The molecular formula is C13H17N3S. The SMILES string of the molecule is C=C(CC)CC(NN)c1cnc2ccsc2c1. The van der Waals surface area contributed by atoms with Crippen molar-refractivity contribution in [1.29, 1.82) is 0 Å². The molecule has 0 saturated carbocycles. The fraction of sp³-hybridized carbons (Fsp3) is 0.308. The molecule has 4 heteroatoms. The van der Waals surface area contributed by atoms with Crippen LogP contribution >= 0.6 is 11.3 Å². The van der Waals surface area contributed by atoms with Gasteiger partial charge in [-0.05, 0) is 35.9 Å². The van der Waals surface area contributed by atoms with Gasteiger partial charge in [0.05, 0.1) is 16.3 Å². The van der Waals surface area contributed by atoms with Gasteiger partial charge in [0.1, 0.15) is 0 Å². The van der Waals surface area contributed by atoms with Crippen molar-refractivity contribution in [1.82, 2.24) is 10.4 Å². The maximum Gasteiger partial charge on any atom is 0.0809 e. The lowest BCUT2D eigenvalue weighted by Gasteiger charge is -2.16. The molecule has 1 atom stereocenters. The molecule has 17 heavy (non-hydrogen) atoms. The van der Waals surface area contributed by atoms with Gasteiger partial charge in [0.2, 0.25) is 0 Å². The maximum absolute atomic E-state index is 5.61. The van der Waals surface area contributed by atoms with Crippen molar-refractivity contribution in [3.8, 4) is 0 Å². The van der Waals surface area contributed by atoms with E-state index in [0.717, 1.165) is 23.9 Å². The second-order valence-corrected chi connectivity index (χ2v) is 5.05. The van der Waals surface area contributed by atoms with E-state index in [1.54, 1.807) is 11.3 Å². The van der Waals surface area contributed by atoms with Gasteiger partial charge >= 0.3 is 0 Å². The number of pyridine rings is 1. The average Bonchev–Trinajstić information content (AvgIpc) is 2.82. The average molecular weight is 247 g/mol. The molecule has 2 rings (SSSR count). The van der Waals surface area contributed by atoms with Gasteiger partial charge in [-0.3, -0.25) is 16.3 Å². The highest BCUT2D eigenvalue weighted by atomic mass is 32.1. The molecule has 0 aliphatic heterocycles. The van der Waals surface area contributed by atoms with Gasteiger partial charge in [0.15, 0.2) is 0 Å². The number of aromatic nitrogens is 1. The molecule has 3 N–H and O–H groups in total. The normalized spacial score (nSPS) is 12.8. The first-order valence-corrected chi connectivity index (χ1v) is 6.58. The highest BCUT2D eigenvalue weighted by Crippen LogP contribution is 2.25. The Bertz CT molecular complexity index is 518. The third-order valence-electron chi connectivity index (χ3n) is 2.92. The Kier molecular flexibility index (Phi) is 3.89. The van der Waals surface area contributed by atoms with Gasteiger partial charge < -0.3 is 0 Å². The minimum atomic E-state index is 0.0986. The summed E-state index contributed by atoms with van der Waals surface area (Å²) in [6.45, 7) is 6.13. The van der Waals surface area contributed by atoms with Crippen LogP contribution in [0, 0.1) is 0 Å². The largest absolute Gasteiger partial charge is 0.271 e. The second-order valence-electron chi connectivity index (χ2n) is 4.10. The van der Waals surface area contributed by atoms with Gasteiger partial charge in [-0.2, -0.15) is 0 Å². The summed E-state index contributed by atoms with van der Waals surface area (Å²) >= 11 is 1.70. The number of nitrogens with one attached hydrogen (secondary N) is 1. The van der Waals surface area contributed by atoms with Gasteiger partial charge in [-0.1, -0.05) is 19.1 Å². The van der Waals surface area contributed by atoms with E-state index >= 15 is 0 Å². The van der Waals surface area contributed by atoms with Crippen LogP contribution in [0.1, 0.15) is 31.4 Å². The predicted octanol–water partition coefficient (Wildman–Crippen LogP) is 3.16. The molecule has 0 aliphatic carbocycles. The van der Waals surface area contributed by atoms with Crippen LogP contribution in [-0.4, -0.2) is 4.98 Å². The fourth-order valence-corrected chi connectivity index (χ4v) is 2.55. The fourth-order valence-electron chi connectivity index (χ4n) is 1.76. The number of nitrogens with zero attached hydrogens (tertiary/aromatic N) is 1. The Balaban J connectivity index is 2.26. The standard InChI is InChI=1S/C13H17N3S/c1-3-9(2)6-12(16-14)10-7-13-11(15-8-10)4-5-17-13/h4-5,7-8,12,16H,2-3,6,14H2,1H3. The summed E-state index contributed by atoms with van der Waals surface area (Å²) in [4.78, 5) is 4.43. The second kappa shape index (κ2) is 5.40. The molecule has 0 amide bonds. The van der Waals surface area contributed by atoms with Crippen molar-refractivity contribution in [2.75, 3.05) is 0 Å². The molecule has 0 radical (unpaired) electrons. The summed E-state index contributed by atoms with van der Waals surface area (Å²) in [6, 6.07) is 4.28. The van der Waals surface area contributed by atoms with Crippen molar-refractivity contribution in [3.05, 3.63) is 41.4 Å². The van der Waals surface area contributed by atoms with Crippen LogP contribution < -0.4 is 11.3 Å². The van der Waals surface area contributed by atoms with Gasteiger partial charge in [0, 0.05) is 6.20 Å². The van der Waals surface area contributed by atoms with E-state index in [2.05, 4.69) is 35.4 Å². The molecule has 3 nitrogen and oxygen atoms in total. The van der Waals surface area contributed by atoms with Crippen LogP contribution in [-0.2, 0) is 0 Å². The van der Waals surface area contributed by atoms with Crippen molar-refractivity contribution in [2.24, 2.45) is 5.84 Å². The van der Waals surface area contributed by atoms with Crippen molar-refractivity contribution in [2.45, 2.75) is 25.8 Å². The summed E-state index contributed by atoms with van der Waals surface area (Å²) in [5, 5.41) is 2.05. The minimum absolute atomic E-state index is 0.0986. The van der Waals surface area contributed by atoms with E-state index < -0.39 is 0 Å². The molecular weight excluding hydrogens is 230 g/mol. The lowest BCUT2D eigenvalue weighted by molar-refractivity contribution is 0.544. The smallest absolute Gasteiger partial charge is 0.0809 e. The number of nitrogens with two attached hydrogens (primary N) is 1. The van der Waals surface area contributed by atoms with Gasteiger partial charge in [-0.15, -0.1) is 11.3 Å². The predicted molar refractivity (Wildman–Crippen MR) is 73.7 cm³/mol. The summed E-state index contributed by atoms with van der Waals surface area (Å²) in [5.74, 6) is 5.61. The monoisotopic (exact) mass is 247 g/mol. The van der Waals surface area contributed by atoms with Crippen molar-refractivity contribution in [3.63, 3.8) is 0 Å². The Hall–Kier alpha value is -1.23. The van der Waals surface area contributed by atoms with E-state index in [1.165, 1.54) is 10.3 Å². The zero-order valence-electron chi connectivity index (χ0n) is 9.94. The van der Waals surface area contributed by atoms with E-state index in [-0.39, 0.29) is 6.04 Å². The Labute approximate surface area is 105 Å². The topological polar surface area (TPSA) is 50.9 Å². The highest BCUT2D eigenvalue weighted by molar-refractivity contribution is 7.17. The van der Waals surface area contributed by atoms with Crippen LogP contribution in [0.3, 0.4) is 0 Å². The molecule has 0 aliphatic rings. The summed E-state index contributed by atoms with van der Waals surface area (Å²) < 4.78 is 1.20. The molecule has 2 aromatic heterocycles. The number of fused-ring (bicyclic) bond motifs is 1. The molecule has 0 bridgehead atoms. The molecule has 2 heterocycles. The third kappa shape index (κ3) is 2.72. The Morgan fingerprint density at radius 1 is 1.65 bits per heavy atom. The number of hydrogen-bond donors (Lipinski definition) is 2. The first kappa shape index (κ1) is 12.2. The first-order chi connectivity index (χ1) is 8.24. The molecule has 0 spiro atoms. The highest BCUT2D eigenvalue weighted by Gasteiger charge is 2.12. The molecule has 0 fully saturated rings. The Morgan fingerprint density at radius 2 is 2.47 bits per heavy atom. The molecule has 90 valence electrons. The molecule has 2 aromatic rings. The van der Waals surface area contributed by atoms with Crippen LogP contribution in [0.2, 0.25) is 0 Å². The summed E-state index contributed by atoms with van der Waals surface area (Å²) in [7, 11) is 0. The number of thiophene rings is 1. The zero-order valence-corrected chi connectivity index (χ0v) is 10.8. The number of hydrogen-bond acceptors (Lipinski definition) is 4. The molecule has 0 aromatic carbocycles. The van der Waals surface area contributed by atoms with Crippen LogP contribution in [0.5, 0.6) is 0 Å². The lowest BCUT2D eigenvalue weighted by Crippen LogP contribution is -2.28. The first-order valence-electron chi connectivity index (χ1n) is 5.70. The lowest BCUT2D eigenvalue weighted by atomic mass is 10.0. The van der Waals surface area contributed by atoms with Crippen LogP contribution in [0.15, 0.2) is 35.9 Å². The maximum atomic E-state index is 5.61.